The van der Waals surface area contributed by atoms with Crippen molar-refractivity contribution in [1.82, 2.24) is 20.3 Å². The van der Waals surface area contributed by atoms with Gasteiger partial charge in [0.15, 0.2) is 17.6 Å². The van der Waals surface area contributed by atoms with Crippen molar-refractivity contribution in [3.05, 3.63) is 59.5 Å². The quantitative estimate of drug-likeness (QED) is 0.419. The number of sulfonamides is 1. The van der Waals surface area contributed by atoms with E-state index >= 15 is 0 Å². The fourth-order valence-electron chi connectivity index (χ4n) is 3.40. The van der Waals surface area contributed by atoms with Crippen LogP contribution in [0, 0.1) is 5.82 Å². The maximum absolute atomic E-state index is 14.0. The standard InChI is InChI=1S/C21H29FN6O2S/c1-3-24-21(26-13-16-6-8-17(9-7-16)15-31(29,30)23-2)27-18-10-12-28(14-18)20-19(22)5-4-11-25-20/h4-9,11,18,23H,3,10,12-15H2,1-2H3,(H2,24,26,27). The molecule has 2 aromatic rings. The van der Waals surface area contributed by atoms with Crippen LogP contribution in [0.25, 0.3) is 0 Å². The lowest BCUT2D eigenvalue weighted by Crippen LogP contribution is -2.44. The van der Waals surface area contributed by atoms with E-state index in [1.807, 2.05) is 24.0 Å². The molecular formula is C21H29FN6O2S. The lowest BCUT2D eigenvalue weighted by molar-refractivity contribution is 0.587. The van der Waals surface area contributed by atoms with Crippen molar-refractivity contribution in [3.8, 4) is 0 Å². The molecule has 0 bridgehead atoms. The lowest BCUT2D eigenvalue weighted by atomic mass is 10.1. The minimum absolute atomic E-state index is 0.0493. The molecule has 8 nitrogen and oxygen atoms in total. The van der Waals surface area contributed by atoms with Crippen molar-refractivity contribution >= 4 is 21.8 Å². The van der Waals surface area contributed by atoms with Gasteiger partial charge in [0.25, 0.3) is 0 Å². The van der Waals surface area contributed by atoms with Crippen LogP contribution in [0.1, 0.15) is 24.5 Å². The molecule has 1 fully saturated rings. The molecule has 3 N–H and O–H groups in total. The molecule has 1 aromatic heterocycles. The molecule has 10 heteroatoms. The number of rotatable bonds is 8. The highest BCUT2D eigenvalue weighted by Crippen LogP contribution is 2.20. The van der Waals surface area contributed by atoms with Gasteiger partial charge in [0.05, 0.1) is 12.3 Å². The van der Waals surface area contributed by atoms with Crippen LogP contribution in [-0.4, -0.2) is 52.1 Å². The summed E-state index contributed by atoms with van der Waals surface area (Å²) < 4.78 is 39.6. The number of anilines is 1. The van der Waals surface area contributed by atoms with Gasteiger partial charge in [0.1, 0.15) is 0 Å². The first-order chi connectivity index (χ1) is 14.9. The number of aliphatic imine (C=N–C) groups is 1. The minimum atomic E-state index is -3.29. The van der Waals surface area contributed by atoms with Gasteiger partial charge in [-0.2, -0.15) is 0 Å². The molecule has 168 valence electrons. The third kappa shape index (κ3) is 6.63. The Hall–Kier alpha value is -2.72. The average molecular weight is 449 g/mol. The van der Waals surface area contributed by atoms with Crippen LogP contribution in [-0.2, 0) is 22.3 Å². The lowest BCUT2D eigenvalue weighted by Gasteiger charge is -2.20. The summed E-state index contributed by atoms with van der Waals surface area (Å²) >= 11 is 0. The van der Waals surface area contributed by atoms with E-state index in [0.29, 0.717) is 24.9 Å². The first-order valence-electron chi connectivity index (χ1n) is 10.3. The largest absolute Gasteiger partial charge is 0.357 e. The Morgan fingerprint density at radius 2 is 2.00 bits per heavy atom. The van der Waals surface area contributed by atoms with Crippen molar-refractivity contribution in [2.24, 2.45) is 4.99 Å². The van der Waals surface area contributed by atoms with Crippen LogP contribution in [0.15, 0.2) is 47.6 Å². The Morgan fingerprint density at radius 1 is 1.26 bits per heavy atom. The molecule has 1 saturated heterocycles. The predicted octanol–water partition coefficient (Wildman–Crippen LogP) is 1.60. The van der Waals surface area contributed by atoms with Crippen LogP contribution >= 0.6 is 0 Å². The van der Waals surface area contributed by atoms with Gasteiger partial charge in [-0.05, 0) is 43.7 Å². The fourth-order valence-corrected chi connectivity index (χ4v) is 4.17. The van der Waals surface area contributed by atoms with Gasteiger partial charge < -0.3 is 15.5 Å². The van der Waals surface area contributed by atoms with Gasteiger partial charge in [-0.3, -0.25) is 0 Å². The summed E-state index contributed by atoms with van der Waals surface area (Å²) in [6.07, 6.45) is 2.46. The van der Waals surface area contributed by atoms with Gasteiger partial charge in [-0.15, -0.1) is 0 Å². The van der Waals surface area contributed by atoms with Crippen molar-refractivity contribution in [2.75, 3.05) is 31.6 Å². The van der Waals surface area contributed by atoms with E-state index in [1.54, 1.807) is 24.4 Å². The first kappa shape index (κ1) is 23.0. The number of pyridine rings is 1. The zero-order chi connectivity index (χ0) is 22.3. The molecule has 0 spiro atoms. The molecule has 31 heavy (non-hydrogen) atoms. The molecule has 0 saturated carbocycles. The van der Waals surface area contributed by atoms with E-state index in [2.05, 4.69) is 25.3 Å². The smallest absolute Gasteiger partial charge is 0.215 e. The second-order valence-electron chi connectivity index (χ2n) is 7.36. The highest BCUT2D eigenvalue weighted by Gasteiger charge is 2.25. The van der Waals surface area contributed by atoms with E-state index in [4.69, 9.17) is 0 Å². The predicted molar refractivity (Wildman–Crippen MR) is 121 cm³/mol. The molecule has 3 rings (SSSR count). The molecular weight excluding hydrogens is 419 g/mol. The Bertz CT molecular complexity index is 997. The molecule has 1 atom stereocenters. The van der Waals surface area contributed by atoms with Crippen LogP contribution in [0.2, 0.25) is 0 Å². The highest BCUT2D eigenvalue weighted by molar-refractivity contribution is 7.88. The van der Waals surface area contributed by atoms with Crippen molar-refractivity contribution in [1.29, 1.82) is 0 Å². The second kappa shape index (κ2) is 10.5. The van der Waals surface area contributed by atoms with Gasteiger partial charge in [-0.25, -0.2) is 27.5 Å². The van der Waals surface area contributed by atoms with Crippen molar-refractivity contribution < 1.29 is 12.8 Å². The molecule has 1 unspecified atom stereocenters. The Labute approximate surface area is 183 Å². The van der Waals surface area contributed by atoms with Crippen LogP contribution in [0.3, 0.4) is 0 Å². The number of hydrogen-bond acceptors (Lipinski definition) is 5. The minimum Gasteiger partial charge on any atom is -0.357 e. The summed E-state index contributed by atoms with van der Waals surface area (Å²) in [4.78, 5) is 10.7. The zero-order valence-electron chi connectivity index (χ0n) is 17.8. The first-order valence-corrected chi connectivity index (χ1v) is 11.9. The summed E-state index contributed by atoms with van der Waals surface area (Å²) in [6, 6.07) is 10.5. The third-order valence-electron chi connectivity index (χ3n) is 5.02. The number of aromatic nitrogens is 1. The molecule has 0 aliphatic carbocycles. The summed E-state index contributed by atoms with van der Waals surface area (Å²) in [5.74, 6) is 0.716. The van der Waals surface area contributed by atoms with Gasteiger partial charge in [0, 0.05) is 31.9 Å². The van der Waals surface area contributed by atoms with E-state index in [9.17, 15) is 12.8 Å². The fraction of sp³-hybridized carbons (Fsp3) is 0.429. The van der Waals surface area contributed by atoms with Gasteiger partial charge >= 0.3 is 0 Å². The summed E-state index contributed by atoms with van der Waals surface area (Å²) in [6.45, 7) is 4.55. The Kier molecular flexibility index (Phi) is 7.80. The number of guanidine groups is 1. The van der Waals surface area contributed by atoms with Crippen LogP contribution in [0.4, 0.5) is 10.2 Å². The van der Waals surface area contributed by atoms with E-state index in [1.165, 1.54) is 13.1 Å². The van der Waals surface area contributed by atoms with Crippen molar-refractivity contribution in [3.63, 3.8) is 0 Å². The number of halogens is 1. The molecule has 1 aliphatic heterocycles. The summed E-state index contributed by atoms with van der Waals surface area (Å²) in [7, 11) is -1.88. The average Bonchev–Trinajstić information content (AvgIpc) is 3.21. The van der Waals surface area contributed by atoms with Crippen LogP contribution in [0.5, 0.6) is 0 Å². The number of nitrogens with one attached hydrogen (secondary N) is 3. The highest BCUT2D eigenvalue weighted by atomic mass is 32.2. The van der Waals surface area contributed by atoms with Crippen molar-refractivity contribution in [2.45, 2.75) is 31.7 Å². The molecule has 0 amide bonds. The number of nitrogens with zero attached hydrogens (tertiary/aromatic N) is 3. The molecule has 2 heterocycles. The number of benzene rings is 1. The second-order valence-corrected chi connectivity index (χ2v) is 9.29. The third-order valence-corrected chi connectivity index (χ3v) is 6.36. The molecule has 1 aromatic carbocycles. The number of hydrogen-bond donors (Lipinski definition) is 3. The van der Waals surface area contributed by atoms with Gasteiger partial charge in [-0.1, -0.05) is 24.3 Å². The van der Waals surface area contributed by atoms with E-state index in [-0.39, 0.29) is 17.6 Å². The normalized spacial score (nSPS) is 17.1. The maximum Gasteiger partial charge on any atom is 0.215 e. The Balaban J connectivity index is 1.59. The molecule has 1 aliphatic rings. The van der Waals surface area contributed by atoms with E-state index < -0.39 is 10.0 Å². The SMILES string of the molecule is CCNC(=NCc1ccc(CS(=O)(=O)NC)cc1)NC1CCN(c2ncccc2F)C1. The monoisotopic (exact) mass is 448 g/mol. The topological polar surface area (TPSA) is 98.7 Å². The maximum atomic E-state index is 14.0. The molecule has 0 radical (unpaired) electrons. The Morgan fingerprint density at radius 3 is 2.68 bits per heavy atom. The van der Waals surface area contributed by atoms with Gasteiger partial charge in [0.2, 0.25) is 10.0 Å². The van der Waals surface area contributed by atoms with E-state index in [0.717, 1.165) is 30.6 Å². The van der Waals surface area contributed by atoms with Crippen LogP contribution < -0.4 is 20.3 Å². The zero-order valence-corrected chi connectivity index (χ0v) is 18.6. The summed E-state index contributed by atoms with van der Waals surface area (Å²) in [5.41, 5.74) is 1.70. The summed E-state index contributed by atoms with van der Waals surface area (Å²) in [5, 5.41) is 6.65.